The molecule has 1 aliphatic rings. The molecule has 0 heterocycles. The lowest BCUT2D eigenvalue weighted by molar-refractivity contribution is -0.384. The third-order valence-corrected chi connectivity index (χ3v) is 3.84. The Kier molecular flexibility index (Phi) is 4.50. The highest BCUT2D eigenvalue weighted by atomic mass is 16.6. The van der Waals surface area contributed by atoms with Gasteiger partial charge in [-0.2, -0.15) is 0 Å². The molecule has 1 aromatic carbocycles. The smallest absolute Gasteiger partial charge is 0.269 e. The predicted molar refractivity (Wildman–Crippen MR) is 73.0 cm³/mol. The molecule has 5 heteroatoms. The zero-order valence-corrected chi connectivity index (χ0v) is 11.0. The molecule has 0 aromatic heterocycles. The maximum Gasteiger partial charge on any atom is 0.269 e. The number of non-ortho nitro benzene ring substituents is 1. The second kappa shape index (κ2) is 6.12. The zero-order valence-electron chi connectivity index (χ0n) is 11.0. The van der Waals surface area contributed by atoms with Crippen molar-refractivity contribution in [3.63, 3.8) is 0 Å². The summed E-state index contributed by atoms with van der Waals surface area (Å²) in [4.78, 5) is 10.1. The summed E-state index contributed by atoms with van der Waals surface area (Å²) in [6.07, 6.45) is 4.17. The summed E-state index contributed by atoms with van der Waals surface area (Å²) in [6.45, 7) is 2.09. The summed E-state index contributed by atoms with van der Waals surface area (Å²) in [5, 5.41) is 22.9. The van der Waals surface area contributed by atoms with Crippen LogP contribution >= 0.6 is 0 Å². The van der Waals surface area contributed by atoms with Crippen molar-refractivity contribution >= 4 is 5.69 Å². The highest BCUT2D eigenvalue weighted by Gasteiger charge is 2.41. The minimum absolute atomic E-state index is 0.136. The molecule has 0 saturated heterocycles. The van der Waals surface area contributed by atoms with Crippen LogP contribution in [0, 0.1) is 15.5 Å². The van der Waals surface area contributed by atoms with Crippen LogP contribution in [0.25, 0.3) is 0 Å². The van der Waals surface area contributed by atoms with Crippen LogP contribution in [0.5, 0.6) is 0 Å². The fourth-order valence-electron chi connectivity index (χ4n) is 2.30. The number of aliphatic hydroxyl groups is 1. The fourth-order valence-corrected chi connectivity index (χ4v) is 2.30. The van der Waals surface area contributed by atoms with E-state index in [1.165, 1.54) is 12.8 Å². The molecule has 2 rings (SSSR count). The number of rotatable bonds is 8. The second-order valence-corrected chi connectivity index (χ2v) is 5.32. The van der Waals surface area contributed by atoms with Crippen LogP contribution in [-0.2, 0) is 6.42 Å². The average molecular weight is 264 g/mol. The Hall–Kier alpha value is -1.46. The van der Waals surface area contributed by atoms with Crippen molar-refractivity contribution in [2.75, 3.05) is 19.7 Å². The molecule has 1 aliphatic carbocycles. The molecule has 0 unspecified atom stereocenters. The van der Waals surface area contributed by atoms with Gasteiger partial charge in [0.2, 0.25) is 0 Å². The highest BCUT2D eigenvalue weighted by Crippen LogP contribution is 2.47. The van der Waals surface area contributed by atoms with Crippen LogP contribution in [0.15, 0.2) is 24.3 Å². The summed E-state index contributed by atoms with van der Waals surface area (Å²) >= 11 is 0. The minimum Gasteiger partial charge on any atom is -0.396 e. The standard InChI is InChI=1S/C14H20N2O3/c17-10-8-14(6-7-14)11-15-9-5-12-1-3-13(4-2-12)16(18)19/h1-4,15,17H,5-11H2. The van der Waals surface area contributed by atoms with E-state index in [9.17, 15) is 10.1 Å². The normalized spacial score (nSPS) is 16.3. The van der Waals surface area contributed by atoms with Gasteiger partial charge in [-0.25, -0.2) is 0 Å². The number of nitro benzene ring substituents is 1. The quantitative estimate of drug-likeness (QED) is 0.427. The molecule has 1 saturated carbocycles. The summed E-state index contributed by atoms with van der Waals surface area (Å²) in [7, 11) is 0. The van der Waals surface area contributed by atoms with E-state index >= 15 is 0 Å². The first-order valence-electron chi connectivity index (χ1n) is 6.70. The van der Waals surface area contributed by atoms with Gasteiger partial charge in [-0.15, -0.1) is 0 Å². The summed E-state index contributed by atoms with van der Waals surface area (Å²) in [6, 6.07) is 6.70. The molecule has 0 atom stereocenters. The Morgan fingerprint density at radius 3 is 2.53 bits per heavy atom. The van der Waals surface area contributed by atoms with Gasteiger partial charge >= 0.3 is 0 Å². The third-order valence-electron chi connectivity index (χ3n) is 3.84. The van der Waals surface area contributed by atoms with Gasteiger partial charge in [-0.05, 0) is 43.2 Å². The molecule has 0 spiro atoms. The summed E-state index contributed by atoms with van der Waals surface area (Å²) in [5.41, 5.74) is 1.58. The third kappa shape index (κ3) is 4.01. The highest BCUT2D eigenvalue weighted by molar-refractivity contribution is 5.32. The first kappa shape index (κ1) is 14.0. The van der Waals surface area contributed by atoms with E-state index in [-0.39, 0.29) is 17.2 Å². The van der Waals surface area contributed by atoms with E-state index in [4.69, 9.17) is 5.11 Å². The van der Waals surface area contributed by atoms with Gasteiger partial charge in [0.25, 0.3) is 5.69 Å². The Balaban J connectivity index is 1.69. The number of nitrogens with zero attached hydrogens (tertiary/aromatic N) is 1. The molecule has 5 nitrogen and oxygen atoms in total. The lowest BCUT2D eigenvalue weighted by Crippen LogP contribution is -2.26. The maximum absolute atomic E-state index is 10.5. The van der Waals surface area contributed by atoms with Crippen LogP contribution in [0.3, 0.4) is 0 Å². The fraction of sp³-hybridized carbons (Fsp3) is 0.571. The summed E-state index contributed by atoms with van der Waals surface area (Å²) in [5.74, 6) is 0. The van der Waals surface area contributed by atoms with Crippen molar-refractivity contribution in [1.29, 1.82) is 0 Å². The van der Waals surface area contributed by atoms with E-state index in [1.54, 1.807) is 24.3 Å². The molecule has 0 aliphatic heterocycles. The first-order chi connectivity index (χ1) is 9.15. The van der Waals surface area contributed by atoms with Gasteiger partial charge < -0.3 is 10.4 Å². The zero-order chi connectivity index (χ0) is 13.7. The average Bonchev–Trinajstić information content (AvgIpc) is 3.16. The van der Waals surface area contributed by atoms with Gasteiger partial charge in [0, 0.05) is 25.3 Å². The first-order valence-corrected chi connectivity index (χ1v) is 6.70. The number of hydrogen-bond acceptors (Lipinski definition) is 4. The summed E-state index contributed by atoms with van der Waals surface area (Å²) < 4.78 is 0. The van der Waals surface area contributed by atoms with Crippen molar-refractivity contribution in [3.05, 3.63) is 39.9 Å². The minimum atomic E-state index is -0.381. The molecule has 0 radical (unpaired) electrons. The lowest BCUT2D eigenvalue weighted by atomic mass is 10.0. The number of nitro groups is 1. The number of aliphatic hydroxyl groups excluding tert-OH is 1. The largest absolute Gasteiger partial charge is 0.396 e. The molecule has 1 aromatic rings. The van der Waals surface area contributed by atoms with Crippen LogP contribution < -0.4 is 5.32 Å². The maximum atomic E-state index is 10.5. The predicted octanol–water partition coefficient (Wildman–Crippen LogP) is 1.89. The topological polar surface area (TPSA) is 75.4 Å². The molecule has 104 valence electrons. The number of benzene rings is 1. The van der Waals surface area contributed by atoms with Crippen LogP contribution in [0.1, 0.15) is 24.8 Å². The second-order valence-electron chi connectivity index (χ2n) is 5.32. The Morgan fingerprint density at radius 1 is 1.32 bits per heavy atom. The van der Waals surface area contributed by atoms with Crippen LogP contribution in [-0.4, -0.2) is 29.7 Å². The van der Waals surface area contributed by atoms with Crippen LogP contribution in [0.4, 0.5) is 5.69 Å². The van der Waals surface area contributed by atoms with Gasteiger partial charge in [0.15, 0.2) is 0 Å². The van der Waals surface area contributed by atoms with Gasteiger partial charge in [-0.1, -0.05) is 12.1 Å². The lowest BCUT2D eigenvalue weighted by Gasteiger charge is -2.14. The molecule has 2 N–H and O–H groups in total. The van der Waals surface area contributed by atoms with E-state index in [0.29, 0.717) is 5.41 Å². The van der Waals surface area contributed by atoms with Crippen molar-refractivity contribution in [1.82, 2.24) is 5.32 Å². The molecule has 1 fully saturated rings. The molecule has 0 amide bonds. The molecular weight excluding hydrogens is 244 g/mol. The molecule has 19 heavy (non-hydrogen) atoms. The Morgan fingerprint density at radius 2 is 2.00 bits per heavy atom. The van der Waals surface area contributed by atoms with Crippen molar-refractivity contribution in [2.45, 2.75) is 25.7 Å². The van der Waals surface area contributed by atoms with E-state index in [1.807, 2.05) is 0 Å². The van der Waals surface area contributed by atoms with Gasteiger partial charge in [0.05, 0.1) is 4.92 Å². The van der Waals surface area contributed by atoms with Crippen molar-refractivity contribution in [3.8, 4) is 0 Å². The van der Waals surface area contributed by atoms with E-state index in [2.05, 4.69) is 5.32 Å². The Bertz CT molecular complexity index is 427. The van der Waals surface area contributed by atoms with Gasteiger partial charge in [0.1, 0.15) is 0 Å². The molecule has 0 bridgehead atoms. The SMILES string of the molecule is O=[N+]([O-])c1ccc(CCNCC2(CCO)CC2)cc1. The molecular formula is C14H20N2O3. The monoisotopic (exact) mass is 264 g/mol. The Labute approximate surface area is 112 Å². The van der Waals surface area contributed by atoms with Crippen molar-refractivity contribution in [2.24, 2.45) is 5.41 Å². The van der Waals surface area contributed by atoms with E-state index < -0.39 is 0 Å². The number of hydrogen-bond donors (Lipinski definition) is 2. The van der Waals surface area contributed by atoms with Crippen molar-refractivity contribution < 1.29 is 10.0 Å². The number of nitrogens with one attached hydrogen (secondary N) is 1. The van der Waals surface area contributed by atoms with E-state index in [0.717, 1.165) is 31.5 Å². The van der Waals surface area contributed by atoms with Gasteiger partial charge in [-0.3, -0.25) is 10.1 Å². The van der Waals surface area contributed by atoms with Crippen LogP contribution in [0.2, 0.25) is 0 Å².